The third-order valence-electron chi connectivity index (χ3n) is 4.86. The number of anilines is 1. The molecule has 0 unspecified atom stereocenters. The summed E-state index contributed by atoms with van der Waals surface area (Å²) in [5.41, 5.74) is 1.08. The standard InChI is InChI=1S/C20H26FN3O2/c1-14(5-6-15-7-8-19(26-2)18(25)12-15)23-16-9-11-24(13-16)20-17(21)4-3-10-22-20/h3-4,7-8,10,12,14,16,23,25H,5-6,9,11,13H2,1-2H3/t14-,16+/m1/s1. The first-order chi connectivity index (χ1) is 12.6. The van der Waals surface area contributed by atoms with E-state index in [0.29, 0.717) is 23.7 Å². The molecular formula is C20H26FN3O2. The lowest BCUT2D eigenvalue weighted by atomic mass is 10.0. The molecule has 3 rings (SSSR count). The minimum absolute atomic E-state index is 0.175. The monoisotopic (exact) mass is 359 g/mol. The van der Waals surface area contributed by atoms with Crippen LogP contribution in [0.15, 0.2) is 36.5 Å². The Morgan fingerprint density at radius 2 is 2.27 bits per heavy atom. The van der Waals surface area contributed by atoms with Crippen LogP contribution in [0.25, 0.3) is 0 Å². The van der Waals surface area contributed by atoms with Crippen molar-refractivity contribution in [2.45, 2.75) is 38.3 Å². The van der Waals surface area contributed by atoms with E-state index in [-0.39, 0.29) is 11.6 Å². The highest BCUT2D eigenvalue weighted by atomic mass is 19.1. The van der Waals surface area contributed by atoms with Crippen LogP contribution < -0.4 is 15.0 Å². The van der Waals surface area contributed by atoms with Crippen LogP contribution in [-0.2, 0) is 6.42 Å². The topological polar surface area (TPSA) is 57.6 Å². The van der Waals surface area contributed by atoms with E-state index in [2.05, 4.69) is 17.2 Å². The minimum atomic E-state index is -0.263. The summed E-state index contributed by atoms with van der Waals surface area (Å²) >= 11 is 0. The van der Waals surface area contributed by atoms with Crippen LogP contribution in [0, 0.1) is 5.82 Å². The van der Waals surface area contributed by atoms with E-state index in [1.165, 1.54) is 6.07 Å². The first kappa shape index (κ1) is 18.5. The SMILES string of the molecule is COc1ccc(CC[C@@H](C)N[C@H]2CCN(c3ncccc3F)C2)cc1O. The summed E-state index contributed by atoms with van der Waals surface area (Å²) in [4.78, 5) is 6.16. The summed E-state index contributed by atoms with van der Waals surface area (Å²) < 4.78 is 18.9. The molecule has 0 bridgehead atoms. The highest BCUT2D eigenvalue weighted by Gasteiger charge is 2.26. The van der Waals surface area contributed by atoms with Crippen molar-refractivity contribution in [1.82, 2.24) is 10.3 Å². The molecule has 0 aliphatic carbocycles. The summed E-state index contributed by atoms with van der Waals surface area (Å²) in [6, 6.07) is 9.26. The average molecular weight is 359 g/mol. The number of hydrogen-bond acceptors (Lipinski definition) is 5. The number of methoxy groups -OCH3 is 1. The highest BCUT2D eigenvalue weighted by Crippen LogP contribution is 2.27. The molecule has 1 aromatic heterocycles. The van der Waals surface area contributed by atoms with Crippen molar-refractivity contribution in [3.63, 3.8) is 0 Å². The zero-order valence-corrected chi connectivity index (χ0v) is 15.3. The number of aromatic hydroxyl groups is 1. The zero-order chi connectivity index (χ0) is 18.5. The Morgan fingerprint density at radius 3 is 3.00 bits per heavy atom. The van der Waals surface area contributed by atoms with Gasteiger partial charge in [0, 0.05) is 31.4 Å². The van der Waals surface area contributed by atoms with Gasteiger partial charge in [-0.3, -0.25) is 0 Å². The molecule has 0 amide bonds. The molecule has 1 aliphatic rings. The lowest BCUT2D eigenvalue weighted by molar-refractivity contribution is 0.373. The quantitative estimate of drug-likeness (QED) is 0.795. The molecule has 0 radical (unpaired) electrons. The number of phenolic OH excluding ortho intramolecular Hbond substituents is 1. The average Bonchev–Trinajstić information content (AvgIpc) is 3.08. The van der Waals surface area contributed by atoms with E-state index in [1.54, 1.807) is 31.5 Å². The molecule has 6 heteroatoms. The molecule has 1 saturated heterocycles. The highest BCUT2D eigenvalue weighted by molar-refractivity contribution is 5.42. The second-order valence-electron chi connectivity index (χ2n) is 6.85. The minimum Gasteiger partial charge on any atom is -0.504 e. The maximum Gasteiger partial charge on any atom is 0.165 e. The number of rotatable bonds is 7. The lowest BCUT2D eigenvalue weighted by Crippen LogP contribution is -2.39. The molecule has 5 nitrogen and oxygen atoms in total. The molecule has 0 spiro atoms. The van der Waals surface area contributed by atoms with Gasteiger partial charge in [0.2, 0.25) is 0 Å². The number of phenols is 1. The fourth-order valence-electron chi connectivity index (χ4n) is 3.46. The Bertz CT molecular complexity index is 741. The number of pyridine rings is 1. The van der Waals surface area contributed by atoms with Crippen LogP contribution in [0.1, 0.15) is 25.3 Å². The normalized spacial score (nSPS) is 18.1. The van der Waals surface area contributed by atoms with Gasteiger partial charge in [-0.15, -0.1) is 0 Å². The molecule has 26 heavy (non-hydrogen) atoms. The van der Waals surface area contributed by atoms with Crippen LogP contribution in [0.5, 0.6) is 11.5 Å². The van der Waals surface area contributed by atoms with Crippen molar-refractivity contribution < 1.29 is 14.2 Å². The number of aryl methyl sites for hydroxylation is 1. The smallest absolute Gasteiger partial charge is 0.165 e. The van der Waals surface area contributed by atoms with E-state index >= 15 is 0 Å². The van der Waals surface area contributed by atoms with Crippen molar-refractivity contribution in [2.75, 3.05) is 25.1 Å². The van der Waals surface area contributed by atoms with Gasteiger partial charge in [-0.25, -0.2) is 9.37 Å². The first-order valence-corrected chi connectivity index (χ1v) is 9.04. The van der Waals surface area contributed by atoms with Gasteiger partial charge in [-0.2, -0.15) is 0 Å². The molecule has 1 aliphatic heterocycles. The van der Waals surface area contributed by atoms with Crippen LogP contribution in [-0.4, -0.2) is 42.4 Å². The number of aromatic nitrogens is 1. The van der Waals surface area contributed by atoms with Crippen molar-refractivity contribution in [3.05, 3.63) is 47.9 Å². The number of benzene rings is 1. The van der Waals surface area contributed by atoms with Crippen LogP contribution in [0.2, 0.25) is 0 Å². The number of ether oxygens (including phenoxy) is 1. The molecule has 2 N–H and O–H groups in total. The molecular weight excluding hydrogens is 333 g/mol. The van der Waals surface area contributed by atoms with Gasteiger partial charge >= 0.3 is 0 Å². The molecule has 2 heterocycles. The number of hydrogen-bond donors (Lipinski definition) is 2. The third-order valence-corrected chi connectivity index (χ3v) is 4.86. The Morgan fingerprint density at radius 1 is 1.42 bits per heavy atom. The second-order valence-corrected chi connectivity index (χ2v) is 6.85. The van der Waals surface area contributed by atoms with Crippen molar-refractivity contribution in [1.29, 1.82) is 0 Å². The largest absolute Gasteiger partial charge is 0.504 e. The van der Waals surface area contributed by atoms with Gasteiger partial charge < -0.3 is 20.1 Å². The summed E-state index contributed by atoms with van der Waals surface area (Å²) in [6.07, 6.45) is 4.44. The zero-order valence-electron chi connectivity index (χ0n) is 15.3. The van der Waals surface area contributed by atoms with Gasteiger partial charge in [0.25, 0.3) is 0 Å². The predicted octanol–water partition coefficient (Wildman–Crippen LogP) is 3.12. The number of halogens is 1. The van der Waals surface area contributed by atoms with Gasteiger partial charge in [-0.1, -0.05) is 6.07 Å². The molecule has 0 saturated carbocycles. The summed E-state index contributed by atoms with van der Waals surface area (Å²) in [7, 11) is 1.54. The van der Waals surface area contributed by atoms with Crippen LogP contribution in [0.4, 0.5) is 10.2 Å². The van der Waals surface area contributed by atoms with E-state index in [0.717, 1.165) is 37.9 Å². The van der Waals surface area contributed by atoms with E-state index in [9.17, 15) is 9.50 Å². The lowest BCUT2D eigenvalue weighted by Gasteiger charge is -2.21. The molecule has 1 fully saturated rings. The van der Waals surface area contributed by atoms with Gasteiger partial charge in [0.05, 0.1) is 7.11 Å². The maximum absolute atomic E-state index is 13.9. The third kappa shape index (κ3) is 4.43. The Kier molecular flexibility index (Phi) is 5.93. The fourth-order valence-corrected chi connectivity index (χ4v) is 3.46. The Labute approximate surface area is 153 Å². The van der Waals surface area contributed by atoms with Crippen LogP contribution in [0.3, 0.4) is 0 Å². The fraction of sp³-hybridized carbons (Fsp3) is 0.450. The molecule has 140 valence electrons. The number of nitrogens with zero attached hydrogens (tertiary/aromatic N) is 2. The maximum atomic E-state index is 13.9. The van der Waals surface area contributed by atoms with Crippen molar-refractivity contribution >= 4 is 5.82 Å². The second kappa shape index (κ2) is 8.36. The van der Waals surface area contributed by atoms with Gasteiger partial charge in [-0.05, 0) is 56.0 Å². The number of nitrogens with one attached hydrogen (secondary N) is 1. The Balaban J connectivity index is 1.48. The van der Waals surface area contributed by atoms with E-state index in [1.807, 2.05) is 11.0 Å². The molecule has 2 atom stereocenters. The van der Waals surface area contributed by atoms with Crippen molar-refractivity contribution in [2.24, 2.45) is 0 Å². The van der Waals surface area contributed by atoms with Gasteiger partial charge in [0.15, 0.2) is 23.1 Å². The Hall–Kier alpha value is -2.34. The summed E-state index contributed by atoms with van der Waals surface area (Å²) in [5.74, 6) is 0.848. The summed E-state index contributed by atoms with van der Waals surface area (Å²) in [6.45, 7) is 3.74. The van der Waals surface area contributed by atoms with Crippen LogP contribution >= 0.6 is 0 Å². The molecule has 2 aromatic rings. The molecule has 1 aromatic carbocycles. The van der Waals surface area contributed by atoms with Gasteiger partial charge in [0.1, 0.15) is 0 Å². The summed E-state index contributed by atoms with van der Waals surface area (Å²) in [5, 5.41) is 13.5. The van der Waals surface area contributed by atoms with E-state index in [4.69, 9.17) is 4.74 Å². The predicted molar refractivity (Wildman–Crippen MR) is 100 cm³/mol. The van der Waals surface area contributed by atoms with Crippen molar-refractivity contribution in [3.8, 4) is 11.5 Å². The first-order valence-electron chi connectivity index (χ1n) is 9.04. The van der Waals surface area contributed by atoms with E-state index < -0.39 is 0 Å².